The quantitative estimate of drug-likeness (QED) is 0.471. The van der Waals surface area contributed by atoms with E-state index < -0.39 is 6.10 Å². The van der Waals surface area contributed by atoms with E-state index in [9.17, 15) is 5.11 Å². The van der Waals surface area contributed by atoms with Crippen LogP contribution in [0.4, 0.5) is 11.4 Å². The first-order valence-corrected chi connectivity index (χ1v) is 7.42. The summed E-state index contributed by atoms with van der Waals surface area (Å²) in [5, 5.41) is 16.4. The van der Waals surface area contributed by atoms with Crippen LogP contribution >= 0.6 is 12.4 Å². The van der Waals surface area contributed by atoms with E-state index in [4.69, 9.17) is 11.5 Å². The fourth-order valence-corrected chi connectivity index (χ4v) is 2.24. The number of nitrogens with two attached hydrogens (primary N) is 2. The van der Waals surface area contributed by atoms with E-state index in [0.717, 1.165) is 22.5 Å². The highest BCUT2D eigenvalue weighted by Gasteiger charge is 2.03. The highest BCUT2D eigenvalue weighted by atomic mass is 35.5. The first-order chi connectivity index (χ1) is 10.6. The van der Waals surface area contributed by atoms with Crippen molar-refractivity contribution in [2.75, 3.05) is 24.6 Å². The zero-order valence-electron chi connectivity index (χ0n) is 13.0. The highest BCUT2D eigenvalue weighted by Crippen LogP contribution is 2.06. The smallest absolute Gasteiger partial charge is 0.0788 e. The lowest BCUT2D eigenvalue weighted by molar-refractivity contribution is 0.168. The summed E-state index contributed by atoms with van der Waals surface area (Å²) < 4.78 is 0. The van der Waals surface area contributed by atoms with Gasteiger partial charge in [0.2, 0.25) is 0 Å². The number of halogens is 1. The molecule has 2 rings (SSSR count). The van der Waals surface area contributed by atoms with Gasteiger partial charge in [-0.3, -0.25) is 0 Å². The predicted octanol–water partition coefficient (Wildman–Crippen LogP) is 1.51. The van der Waals surface area contributed by atoms with Crippen molar-refractivity contribution in [3.63, 3.8) is 0 Å². The van der Waals surface area contributed by atoms with Crippen LogP contribution in [0.3, 0.4) is 0 Å². The van der Waals surface area contributed by atoms with Gasteiger partial charge < -0.3 is 27.2 Å². The molecule has 0 aliphatic carbocycles. The summed E-state index contributed by atoms with van der Waals surface area (Å²) in [5.74, 6) is 0. The molecule has 0 bridgehead atoms. The Morgan fingerprint density at radius 2 is 1.26 bits per heavy atom. The highest BCUT2D eigenvalue weighted by molar-refractivity contribution is 5.85. The van der Waals surface area contributed by atoms with Crippen molar-refractivity contribution >= 4 is 23.8 Å². The molecule has 0 spiro atoms. The monoisotopic (exact) mass is 336 g/mol. The average Bonchev–Trinajstić information content (AvgIpc) is 2.47. The van der Waals surface area contributed by atoms with E-state index >= 15 is 0 Å². The fraction of sp³-hybridized carbons (Fsp3) is 0.294. The summed E-state index contributed by atoms with van der Waals surface area (Å²) in [4.78, 5) is 0. The first kappa shape index (κ1) is 19.3. The Kier molecular flexibility index (Phi) is 8.43. The number of benzene rings is 2. The molecule has 0 radical (unpaired) electrons. The predicted molar refractivity (Wildman–Crippen MR) is 98.4 cm³/mol. The number of anilines is 2. The van der Waals surface area contributed by atoms with Gasteiger partial charge in [-0.05, 0) is 35.4 Å². The molecule has 0 atom stereocenters. The Hall–Kier alpha value is -1.79. The maximum Gasteiger partial charge on any atom is 0.0788 e. The Labute approximate surface area is 143 Å². The molecule has 5 nitrogen and oxygen atoms in total. The maximum atomic E-state index is 9.94. The number of aliphatic hydroxyl groups excluding tert-OH is 1. The molecule has 0 aromatic heterocycles. The van der Waals surface area contributed by atoms with Gasteiger partial charge in [-0.15, -0.1) is 12.4 Å². The van der Waals surface area contributed by atoms with E-state index in [1.807, 2.05) is 48.5 Å². The molecular weight excluding hydrogens is 312 g/mol. The van der Waals surface area contributed by atoms with Gasteiger partial charge in [0.25, 0.3) is 0 Å². The van der Waals surface area contributed by atoms with Crippen molar-refractivity contribution < 1.29 is 5.11 Å². The third-order valence-electron chi connectivity index (χ3n) is 3.32. The van der Waals surface area contributed by atoms with Crippen LogP contribution in [0, 0.1) is 0 Å². The third-order valence-corrected chi connectivity index (χ3v) is 3.32. The van der Waals surface area contributed by atoms with Crippen LogP contribution in [-0.2, 0) is 13.1 Å². The van der Waals surface area contributed by atoms with Gasteiger partial charge in [-0.2, -0.15) is 0 Å². The minimum absolute atomic E-state index is 0. The average molecular weight is 337 g/mol. The Balaban J connectivity index is 0.00000264. The van der Waals surface area contributed by atoms with E-state index in [1.165, 1.54) is 0 Å². The molecule has 2 aromatic carbocycles. The number of hydrogen-bond acceptors (Lipinski definition) is 5. The van der Waals surface area contributed by atoms with Crippen molar-refractivity contribution in [1.82, 2.24) is 10.6 Å². The number of rotatable bonds is 8. The van der Waals surface area contributed by atoms with Gasteiger partial charge in [0.15, 0.2) is 0 Å². The normalized spacial score (nSPS) is 10.5. The minimum Gasteiger partial charge on any atom is -0.399 e. The van der Waals surface area contributed by atoms with Crippen molar-refractivity contribution in [2.24, 2.45) is 0 Å². The SMILES string of the molecule is Cl.Nc1cccc(CNCC(O)CNCc2cccc(N)c2)c1. The fourth-order valence-electron chi connectivity index (χ4n) is 2.24. The molecule has 0 fully saturated rings. The molecular formula is C17H25ClN4O. The second kappa shape index (κ2) is 10.1. The van der Waals surface area contributed by atoms with Gasteiger partial charge in [0.1, 0.15) is 0 Å². The zero-order chi connectivity index (χ0) is 15.8. The largest absolute Gasteiger partial charge is 0.399 e. The molecule has 0 saturated heterocycles. The second-order valence-corrected chi connectivity index (χ2v) is 5.41. The molecule has 2 aromatic rings. The van der Waals surface area contributed by atoms with E-state index in [-0.39, 0.29) is 12.4 Å². The molecule has 126 valence electrons. The summed E-state index contributed by atoms with van der Waals surface area (Å²) in [5.41, 5.74) is 15.2. The van der Waals surface area contributed by atoms with Crippen LogP contribution in [0.25, 0.3) is 0 Å². The van der Waals surface area contributed by atoms with Gasteiger partial charge in [0, 0.05) is 37.6 Å². The van der Waals surface area contributed by atoms with Gasteiger partial charge in [-0.1, -0.05) is 24.3 Å². The molecule has 7 N–H and O–H groups in total. The van der Waals surface area contributed by atoms with Crippen LogP contribution in [0.15, 0.2) is 48.5 Å². The minimum atomic E-state index is -0.442. The maximum absolute atomic E-state index is 9.94. The topological polar surface area (TPSA) is 96.3 Å². The molecule has 0 heterocycles. The van der Waals surface area contributed by atoms with Crippen LogP contribution < -0.4 is 22.1 Å². The van der Waals surface area contributed by atoms with Crippen LogP contribution in [0.5, 0.6) is 0 Å². The summed E-state index contributed by atoms with van der Waals surface area (Å²) in [6, 6.07) is 15.4. The number of nitrogen functional groups attached to an aromatic ring is 2. The Morgan fingerprint density at radius 1 is 0.826 bits per heavy atom. The Morgan fingerprint density at radius 3 is 1.65 bits per heavy atom. The molecule has 0 saturated carbocycles. The molecule has 23 heavy (non-hydrogen) atoms. The molecule has 6 heteroatoms. The van der Waals surface area contributed by atoms with Crippen LogP contribution in [-0.4, -0.2) is 24.3 Å². The summed E-state index contributed by atoms with van der Waals surface area (Å²) in [6.45, 7) is 2.44. The number of hydrogen-bond donors (Lipinski definition) is 5. The summed E-state index contributed by atoms with van der Waals surface area (Å²) >= 11 is 0. The number of aliphatic hydroxyl groups is 1. The van der Waals surface area contributed by atoms with Gasteiger partial charge in [0.05, 0.1) is 6.10 Å². The molecule has 0 amide bonds. The lowest BCUT2D eigenvalue weighted by atomic mass is 10.2. The van der Waals surface area contributed by atoms with Crippen LogP contribution in [0.2, 0.25) is 0 Å². The van der Waals surface area contributed by atoms with Gasteiger partial charge >= 0.3 is 0 Å². The lowest BCUT2D eigenvalue weighted by Crippen LogP contribution is -2.35. The van der Waals surface area contributed by atoms with E-state index in [0.29, 0.717) is 26.2 Å². The van der Waals surface area contributed by atoms with E-state index in [1.54, 1.807) is 0 Å². The summed E-state index contributed by atoms with van der Waals surface area (Å²) in [7, 11) is 0. The molecule has 0 unspecified atom stereocenters. The first-order valence-electron chi connectivity index (χ1n) is 7.42. The summed E-state index contributed by atoms with van der Waals surface area (Å²) in [6.07, 6.45) is -0.442. The van der Waals surface area contributed by atoms with Crippen molar-refractivity contribution in [3.05, 3.63) is 59.7 Å². The van der Waals surface area contributed by atoms with Crippen molar-refractivity contribution in [1.29, 1.82) is 0 Å². The van der Waals surface area contributed by atoms with Crippen molar-refractivity contribution in [2.45, 2.75) is 19.2 Å². The van der Waals surface area contributed by atoms with E-state index in [2.05, 4.69) is 10.6 Å². The lowest BCUT2D eigenvalue weighted by Gasteiger charge is -2.13. The number of nitrogens with one attached hydrogen (secondary N) is 2. The van der Waals surface area contributed by atoms with Crippen LogP contribution in [0.1, 0.15) is 11.1 Å². The van der Waals surface area contributed by atoms with Crippen molar-refractivity contribution in [3.8, 4) is 0 Å². The molecule has 0 aliphatic rings. The molecule has 0 aliphatic heterocycles. The Bertz CT molecular complexity index is 543. The third kappa shape index (κ3) is 7.34. The second-order valence-electron chi connectivity index (χ2n) is 5.41. The zero-order valence-corrected chi connectivity index (χ0v) is 13.9. The standard InChI is InChI=1S/C17H24N4O.ClH/c18-15-5-1-3-13(7-15)9-20-11-17(22)12-21-10-14-4-2-6-16(19)8-14;/h1-8,17,20-22H,9-12,18-19H2;1H. The van der Waals surface area contributed by atoms with Gasteiger partial charge in [-0.25, -0.2) is 0 Å².